The molecule has 1 spiro atoms. The zero-order chi connectivity index (χ0) is 28.5. The summed E-state index contributed by atoms with van der Waals surface area (Å²) >= 11 is 0. The average molecular weight is 538 g/mol. The molecule has 3 heterocycles. The highest BCUT2D eigenvalue weighted by molar-refractivity contribution is 5.99. The van der Waals surface area contributed by atoms with Crippen molar-refractivity contribution in [2.24, 2.45) is 17.8 Å². The van der Waals surface area contributed by atoms with Gasteiger partial charge in [0.25, 0.3) is 0 Å². The number of fused-ring (bicyclic) bond motifs is 1. The number of ether oxygens (including phenoxy) is 1. The van der Waals surface area contributed by atoms with Gasteiger partial charge in [-0.2, -0.15) is 0 Å². The van der Waals surface area contributed by atoms with Crippen molar-refractivity contribution >= 4 is 17.7 Å². The van der Waals surface area contributed by atoms with Crippen molar-refractivity contribution < 1.29 is 24.2 Å². The summed E-state index contributed by atoms with van der Waals surface area (Å²) in [5, 5.41) is 10.4. The lowest BCUT2D eigenvalue weighted by Crippen LogP contribution is -2.60. The Hall–Kier alpha value is -2.97. The predicted molar refractivity (Wildman–Crippen MR) is 149 cm³/mol. The number of benzene rings is 1. The first-order valence-electron chi connectivity index (χ1n) is 14.1. The molecule has 0 saturated carbocycles. The van der Waals surface area contributed by atoms with Gasteiger partial charge >= 0.3 is 0 Å². The average Bonchev–Trinajstić information content (AvgIpc) is 3.55. The zero-order valence-corrected chi connectivity index (χ0v) is 23.7. The van der Waals surface area contributed by atoms with E-state index >= 15 is 0 Å². The predicted octanol–water partition coefficient (Wildman–Crippen LogP) is 3.02. The summed E-state index contributed by atoms with van der Waals surface area (Å²) in [5.41, 5.74) is -0.126. The molecule has 0 radical (unpaired) electrons. The highest BCUT2D eigenvalue weighted by Crippen LogP contribution is 2.59. The molecule has 1 aromatic rings. The van der Waals surface area contributed by atoms with Crippen molar-refractivity contribution in [3.8, 4) is 0 Å². The van der Waals surface area contributed by atoms with E-state index in [9.17, 15) is 19.5 Å². The summed E-state index contributed by atoms with van der Waals surface area (Å²) in [6.07, 6.45) is 4.04. The minimum atomic E-state index is -1.11. The van der Waals surface area contributed by atoms with E-state index in [-0.39, 0.29) is 36.3 Å². The van der Waals surface area contributed by atoms with Crippen LogP contribution in [0.2, 0.25) is 0 Å². The molecule has 4 rings (SSSR count). The van der Waals surface area contributed by atoms with Gasteiger partial charge in [-0.15, -0.1) is 13.2 Å². The Morgan fingerprint density at radius 3 is 2.36 bits per heavy atom. The van der Waals surface area contributed by atoms with E-state index in [1.807, 2.05) is 58.0 Å². The molecule has 1 aromatic carbocycles. The Morgan fingerprint density at radius 2 is 1.79 bits per heavy atom. The first-order chi connectivity index (χ1) is 18.6. The van der Waals surface area contributed by atoms with E-state index in [0.29, 0.717) is 32.5 Å². The molecule has 8 heteroatoms. The number of aliphatic hydroxyl groups excluding tert-OH is 1. The van der Waals surface area contributed by atoms with Gasteiger partial charge in [0.1, 0.15) is 11.6 Å². The second kappa shape index (κ2) is 11.6. The van der Waals surface area contributed by atoms with Gasteiger partial charge in [-0.25, -0.2) is 0 Å². The number of carbonyl (C=O) groups is 3. The summed E-state index contributed by atoms with van der Waals surface area (Å²) in [6, 6.07) is 8.11. The molecule has 0 aliphatic carbocycles. The van der Waals surface area contributed by atoms with E-state index in [1.165, 1.54) is 0 Å². The van der Waals surface area contributed by atoms with E-state index in [1.54, 1.807) is 26.9 Å². The molecule has 3 amide bonds. The van der Waals surface area contributed by atoms with Gasteiger partial charge < -0.3 is 24.5 Å². The third-order valence-electron chi connectivity index (χ3n) is 8.68. The SMILES string of the molecule is C=CCN(Cc1ccccc1)C(=O)[C@@H]1[C@@H]2CCC3(O2)C(C(=O)N(CC=C)C(C)C)N([C@@H](CO)C(C)C)C(=O)[C@H]13. The van der Waals surface area contributed by atoms with E-state index in [2.05, 4.69) is 13.2 Å². The Bertz CT molecular complexity index is 1090. The van der Waals surface area contributed by atoms with Gasteiger partial charge in [0.15, 0.2) is 0 Å². The Morgan fingerprint density at radius 1 is 1.13 bits per heavy atom. The van der Waals surface area contributed by atoms with Crippen molar-refractivity contribution in [2.45, 2.75) is 76.9 Å². The van der Waals surface area contributed by atoms with Crippen LogP contribution in [0.15, 0.2) is 55.6 Å². The van der Waals surface area contributed by atoms with Crippen LogP contribution in [-0.2, 0) is 25.7 Å². The summed E-state index contributed by atoms with van der Waals surface area (Å²) in [7, 11) is 0. The molecule has 0 aromatic heterocycles. The summed E-state index contributed by atoms with van der Waals surface area (Å²) in [6.45, 7) is 16.2. The van der Waals surface area contributed by atoms with Crippen LogP contribution < -0.4 is 0 Å². The molecular formula is C31H43N3O5. The maximum Gasteiger partial charge on any atom is 0.248 e. The van der Waals surface area contributed by atoms with Crippen LogP contribution in [0.3, 0.4) is 0 Å². The second-order valence-electron chi connectivity index (χ2n) is 11.7. The van der Waals surface area contributed by atoms with Gasteiger partial charge in [0, 0.05) is 25.7 Å². The van der Waals surface area contributed by atoms with Crippen LogP contribution in [0.5, 0.6) is 0 Å². The standard InChI is InChI=1S/C31H43N3O5/c1-7-16-32(18-22-12-10-9-11-13-22)28(36)25-24-14-15-31(39-24)26(25)29(37)34(23(19-35)20(3)4)27(31)30(38)33(17-8-2)21(5)6/h7-13,20-21,23-27,35H,1-2,14-19H2,3-6H3/t23-,24-,25+,26-,27?,31?/m0/s1. The molecule has 8 nitrogen and oxygen atoms in total. The van der Waals surface area contributed by atoms with E-state index in [4.69, 9.17) is 4.74 Å². The monoisotopic (exact) mass is 537 g/mol. The first-order valence-corrected chi connectivity index (χ1v) is 14.1. The highest BCUT2D eigenvalue weighted by Gasteiger charge is 2.75. The van der Waals surface area contributed by atoms with Crippen LogP contribution in [-0.4, -0.2) is 87.1 Å². The Balaban J connectivity index is 1.76. The molecule has 1 N–H and O–H groups in total. The van der Waals surface area contributed by atoms with Crippen molar-refractivity contribution in [3.05, 3.63) is 61.2 Å². The molecule has 3 fully saturated rings. The van der Waals surface area contributed by atoms with Crippen LogP contribution in [0.1, 0.15) is 46.1 Å². The number of likely N-dealkylation sites (tertiary alicyclic amines) is 1. The van der Waals surface area contributed by atoms with Crippen molar-refractivity contribution in [3.63, 3.8) is 0 Å². The third kappa shape index (κ3) is 4.93. The fourth-order valence-corrected chi connectivity index (χ4v) is 6.88. The fourth-order valence-electron chi connectivity index (χ4n) is 6.88. The normalized spacial score (nSPS) is 28.1. The van der Waals surface area contributed by atoms with Gasteiger partial charge in [0.05, 0.1) is 30.6 Å². The first kappa shape index (κ1) is 29.0. The number of aliphatic hydroxyl groups is 1. The minimum Gasteiger partial charge on any atom is -0.394 e. The van der Waals surface area contributed by atoms with Crippen LogP contribution >= 0.6 is 0 Å². The topological polar surface area (TPSA) is 90.4 Å². The molecule has 2 unspecified atom stereocenters. The maximum absolute atomic E-state index is 14.3. The van der Waals surface area contributed by atoms with Crippen LogP contribution in [0.4, 0.5) is 0 Å². The molecule has 212 valence electrons. The molecule has 6 atom stereocenters. The second-order valence-corrected chi connectivity index (χ2v) is 11.7. The summed E-state index contributed by atoms with van der Waals surface area (Å²) < 4.78 is 6.62. The maximum atomic E-state index is 14.3. The van der Waals surface area contributed by atoms with Crippen molar-refractivity contribution in [1.29, 1.82) is 0 Å². The summed E-state index contributed by atoms with van der Waals surface area (Å²) in [4.78, 5) is 47.8. The Kier molecular flexibility index (Phi) is 8.66. The summed E-state index contributed by atoms with van der Waals surface area (Å²) in [5.74, 6) is -2.24. The zero-order valence-electron chi connectivity index (χ0n) is 23.7. The minimum absolute atomic E-state index is 0.0990. The van der Waals surface area contributed by atoms with Crippen molar-refractivity contribution in [1.82, 2.24) is 14.7 Å². The van der Waals surface area contributed by atoms with Crippen LogP contribution in [0.25, 0.3) is 0 Å². The number of carbonyl (C=O) groups excluding carboxylic acids is 3. The van der Waals surface area contributed by atoms with E-state index < -0.39 is 35.6 Å². The number of hydrogen-bond acceptors (Lipinski definition) is 5. The molecular weight excluding hydrogens is 494 g/mol. The molecule has 3 saturated heterocycles. The molecule has 2 bridgehead atoms. The largest absolute Gasteiger partial charge is 0.394 e. The lowest BCUT2D eigenvalue weighted by Gasteiger charge is -2.41. The molecule has 3 aliphatic heterocycles. The lowest BCUT2D eigenvalue weighted by molar-refractivity contribution is -0.153. The van der Waals surface area contributed by atoms with Crippen molar-refractivity contribution in [2.75, 3.05) is 19.7 Å². The van der Waals surface area contributed by atoms with Crippen LogP contribution in [0, 0.1) is 17.8 Å². The number of nitrogens with zero attached hydrogens (tertiary/aromatic N) is 3. The highest BCUT2D eigenvalue weighted by atomic mass is 16.5. The van der Waals surface area contributed by atoms with Gasteiger partial charge in [-0.3, -0.25) is 14.4 Å². The van der Waals surface area contributed by atoms with Gasteiger partial charge in [-0.05, 0) is 38.2 Å². The molecule has 3 aliphatic rings. The smallest absolute Gasteiger partial charge is 0.248 e. The number of rotatable bonds is 12. The Labute approximate surface area is 232 Å². The number of hydrogen-bond donors (Lipinski definition) is 1. The molecule has 39 heavy (non-hydrogen) atoms. The third-order valence-corrected chi connectivity index (χ3v) is 8.68. The van der Waals surface area contributed by atoms with E-state index in [0.717, 1.165) is 5.56 Å². The number of amides is 3. The lowest BCUT2D eigenvalue weighted by atomic mass is 9.70. The fraction of sp³-hybridized carbons (Fsp3) is 0.581. The quantitative estimate of drug-likeness (QED) is 0.414. The van der Waals surface area contributed by atoms with Gasteiger partial charge in [-0.1, -0.05) is 56.3 Å². The van der Waals surface area contributed by atoms with Gasteiger partial charge in [0.2, 0.25) is 17.7 Å².